The summed E-state index contributed by atoms with van der Waals surface area (Å²) in [6.45, 7) is 3.07. The third-order valence-corrected chi connectivity index (χ3v) is 7.04. The molecule has 1 fully saturated rings. The van der Waals surface area contributed by atoms with Gasteiger partial charge in [-0.1, -0.05) is 79.9 Å². The van der Waals surface area contributed by atoms with Gasteiger partial charge in [0.1, 0.15) is 6.54 Å². The summed E-state index contributed by atoms with van der Waals surface area (Å²) in [5.41, 5.74) is 0.899. The van der Waals surface area contributed by atoms with Crippen molar-refractivity contribution in [3.05, 3.63) is 89.6 Å². The van der Waals surface area contributed by atoms with Crippen LogP contribution in [0.5, 0.6) is 0 Å². The number of quaternary nitrogens is 1. The first-order valence-electron chi connectivity index (χ1n) is 12.6. The van der Waals surface area contributed by atoms with Crippen LogP contribution in [0.4, 0.5) is 0 Å². The van der Waals surface area contributed by atoms with Gasteiger partial charge in [0.05, 0.1) is 40.1 Å². The van der Waals surface area contributed by atoms with E-state index in [9.17, 15) is 5.11 Å². The van der Waals surface area contributed by atoms with Gasteiger partial charge < -0.3 is 35.7 Å². The van der Waals surface area contributed by atoms with Gasteiger partial charge in [0.2, 0.25) is 5.89 Å². The number of hydrogen-bond acceptors (Lipinski definition) is 4. The van der Waals surface area contributed by atoms with E-state index < -0.39 is 5.60 Å². The molecule has 35 heavy (non-hydrogen) atoms. The van der Waals surface area contributed by atoms with Crippen molar-refractivity contribution in [1.29, 1.82) is 0 Å². The summed E-state index contributed by atoms with van der Waals surface area (Å²) in [5, 5.41) is 12.0. The average Bonchev–Trinajstić information content (AvgIpc) is 3.33. The summed E-state index contributed by atoms with van der Waals surface area (Å²) in [7, 11) is 4.40. The lowest BCUT2D eigenvalue weighted by Gasteiger charge is -2.36. The van der Waals surface area contributed by atoms with Crippen LogP contribution in [0.3, 0.4) is 0 Å². The molecule has 0 aliphatic heterocycles. The number of hydrogen-bond donors (Lipinski definition) is 1. The summed E-state index contributed by atoms with van der Waals surface area (Å²) in [6, 6.07) is 20.2. The van der Waals surface area contributed by atoms with Crippen molar-refractivity contribution in [2.45, 2.75) is 57.3 Å². The van der Waals surface area contributed by atoms with E-state index in [2.05, 4.69) is 31.2 Å². The van der Waals surface area contributed by atoms with Gasteiger partial charge in [-0.15, -0.1) is 0 Å². The largest absolute Gasteiger partial charge is 1.00 e. The van der Waals surface area contributed by atoms with Crippen LogP contribution in [0.2, 0.25) is 0 Å². The molecule has 1 N–H and O–H groups in total. The molecule has 1 saturated carbocycles. The van der Waals surface area contributed by atoms with Gasteiger partial charge in [-0.25, -0.2) is 4.98 Å². The highest BCUT2D eigenvalue weighted by Gasteiger charge is 2.44. The predicted octanol–water partition coefficient (Wildman–Crippen LogP) is 2.68. The third kappa shape index (κ3) is 7.26. The summed E-state index contributed by atoms with van der Waals surface area (Å²) >= 11 is 0. The second kappa shape index (κ2) is 12.8. The van der Waals surface area contributed by atoms with Crippen LogP contribution >= 0.6 is 0 Å². The van der Waals surface area contributed by atoms with Gasteiger partial charge in [0.25, 0.3) is 0 Å². The Balaban J connectivity index is 0.00000342. The first kappa shape index (κ1) is 27.6. The molecule has 3 aromatic rings. The summed E-state index contributed by atoms with van der Waals surface area (Å²) in [4.78, 5) is 4.62. The monoisotopic (exact) mass is 542 g/mol. The molecule has 0 radical (unpaired) electrons. The fraction of sp³-hybridized carbons (Fsp3) is 0.483. The predicted molar refractivity (Wildman–Crippen MR) is 134 cm³/mol. The number of nitrogens with zero attached hydrogens (tertiary/aromatic N) is 2. The minimum Gasteiger partial charge on any atom is -1.00 e. The molecule has 0 spiro atoms. The van der Waals surface area contributed by atoms with Gasteiger partial charge in [-0.05, 0) is 24.0 Å². The third-order valence-electron chi connectivity index (χ3n) is 7.04. The Labute approximate surface area is 220 Å². The topological polar surface area (TPSA) is 55.5 Å². The van der Waals surface area contributed by atoms with Crippen LogP contribution in [-0.4, -0.2) is 41.8 Å². The number of rotatable bonds is 11. The van der Waals surface area contributed by atoms with Crippen LogP contribution < -0.4 is 17.0 Å². The first-order chi connectivity index (χ1) is 16.5. The quantitative estimate of drug-likeness (QED) is 0.299. The molecule has 5 nitrogen and oxygen atoms in total. The number of benzene rings is 2. The first-order valence-corrected chi connectivity index (χ1v) is 12.6. The molecule has 4 rings (SSSR count). The van der Waals surface area contributed by atoms with Crippen molar-refractivity contribution in [2.75, 3.05) is 27.2 Å². The van der Waals surface area contributed by atoms with E-state index in [1.54, 1.807) is 6.20 Å². The Bertz CT molecular complexity index is 1000. The second-order valence-corrected chi connectivity index (χ2v) is 10.3. The Morgan fingerprint density at radius 1 is 1.00 bits per heavy atom. The zero-order chi connectivity index (χ0) is 23.9. The van der Waals surface area contributed by atoms with Crippen LogP contribution in [0.25, 0.3) is 0 Å². The Morgan fingerprint density at radius 3 is 2.34 bits per heavy atom. The highest BCUT2D eigenvalue weighted by Crippen LogP contribution is 2.43. The van der Waals surface area contributed by atoms with Crippen LogP contribution in [-0.2, 0) is 23.5 Å². The normalized spacial score (nSPS) is 16.4. The Kier molecular flexibility index (Phi) is 10.1. The van der Waals surface area contributed by atoms with Crippen molar-refractivity contribution in [2.24, 2.45) is 5.92 Å². The maximum Gasteiger partial charge on any atom is 0.231 e. The molecule has 0 saturated heterocycles. The zero-order valence-electron chi connectivity index (χ0n) is 21.0. The van der Waals surface area contributed by atoms with Crippen LogP contribution in [0.1, 0.15) is 61.3 Å². The maximum absolute atomic E-state index is 12.0. The molecule has 1 atom stereocenters. The number of oxazole rings is 1. The Morgan fingerprint density at radius 2 is 1.66 bits per heavy atom. The molecule has 0 amide bonds. The molecule has 1 aromatic heterocycles. The lowest BCUT2D eigenvalue weighted by atomic mass is 9.73. The second-order valence-electron chi connectivity index (χ2n) is 10.3. The minimum absolute atomic E-state index is 0. The van der Waals surface area contributed by atoms with Crippen molar-refractivity contribution >= 4 is 0 Å². The number of aromatic nitrogens is 1. The van der Waals surface area contributed by atoms with E-state index in [0.29, 0.717) is 12.5 Å². The van der Waals surface area contributed by atoms with Crippen LogP contribution in [0.15, 0.2) is 71.3 Å². The molecule has 1 aliphatic carbocycles. The highest BCUT2D eigenvalue weighted by atomic mass is 79.9. The minimum atomic E-state index is -1.18. The molecular formula is C29H39BrN2O3. The SMILES string of the molecule is C[N+](C)(CCCOCc1ccccc1)Cc1cnc([C@](O)(c2ccccc2)C2CCCCC2)o1.[Br-]. The van der Waals surface area contributed by atoms with Crippen molar-refractivity contribution in [3.8, 4) is 0 Å². The zero-order valence-corrected chi connectivity index (χ0v) is 22.6. The molecule has 1 aliphatic rings. The van der Waals surface area contributed by atoms with Gasteiger partial charge in [0.15, 0.2) is 11.4 Å². The van der Waals surface area contributed by atoms with Crippen LogP contribution in [0, 0.1) is 5.92 Å². The van der Waals surface area contributed by atoms with Gasteiger partial charge in [0, 0.05) is 12.3 Å². The van der Waals surface area contributed by atoms with E-state index in [0.717, 1.165) is 67.6 Å². The molecular weight excluding hydrogens is 504 g/mol. The highest BCUT2D eigenvalue weighted by molar-refractivity contribution is 5.30. The summed E-state index contributed by atoms with van der Waals surface area (Å²) < 4.78 is 12.9. The van der Waals surface area contributed by atoms with E-state index in [1.807, 2.05) is 48.5 Å². The standard InChI is InChI=1S/C29H39N2O3.BrH/c1-31(2,19-12-20-33-23-24-13-6-3-7-14-24)22-27-21-30-28(34-27)29(32,25-15-8-4-9-16-25)26-17-10-5-11-18-26;/h3-4,6-9,13-16,21,26,32H,5,10-12,17-20,22-23H2,1-2H3;1H/q+1;/p-1/t29-;/m0./s1. The van der Waals surface area contributed by atoms with E-state index in [1.165, 1.54) is 12.0 Å². The van der Waals surface area contributed by atoms with Gasteiger partial charge >= 0.3 is 0 Å². The lowest BCUT2D eigenvalue weighted by molar-refractivity contribution is -0.904. The number of aliphatic hydroxyl groups is 1. The Hall–Kier alpha value is -1.99. The van der Waals surface area contributed by atoms with Crippen molar-refractivity contribution in [3.63, 3.8) is 0 Å². The maximum atomic E-state index is 12.0. The molecule has 2 aromatic carbocycles. The van der Waals surface area contributed by atoms with E-state index in [-0.39, 0.29) is 22.9 Å². The van der Waals surface area contributed by atoms with Gasteiger partial charge in [-0.2, -0.15) is 0 Å². The molecule has 0 bridgehead atoms. The number of halogens is 1. The number of ether oxygens (including phenoxy) is 1. The summed E-state index contributed by atoms with van der Waals surface area (Å²) in [5.74, 6) is 1.38. The smallest absolute Gasteiger partial charge is 0.231 e. The van der Waals surface area contributed by atoms with Crippen molar-refractivity contribution < 1.29 is 35.7 Å². The fourth-order valence-electron chi connectivity index (χ4n) is 5.16. The molecule has 6 heteroatoms. The lowest BCUT2D eigenvalue weighted by Crippen LogP contribution is -3.00. The fourth-order valence-corrected chi connectivity index (χ4v) is 5.16. The average molecular weight is 544 g/mol. The van der Waals surface area contributed by atoms with Gasteiger partial charge in [-0.3, -0.25) is 0 Å². The van der Waals surface area contributed by atoms with E-state index >= 15 is 0 Å². The molecule has 190 valence electrons. The van der Waals surface area contributed by atoms with E-state index in [4.69, 9.17) is 9.15 Å². The van der Waals surface area contributed by atoms with Crippen molar-refractivity contribution in [1.82, 2.24) is 4.98 Å². The summed E-state index contributed by atoms with van der Waals surface area (Å²) in [6.07, 6.45) is 8.28. The molecule has 0 unspecified atom stereocenters. The molecule has 1 heterocycles.